The number of nitrogens with one attached hydrogen (secondary N) is 2. The average Bonchev–Trinajstić information content (AvgIpc) is 3.12. The van der Waals surface area contributed by atoms with E-state index in [1.165, 1.54) is 0 Å². The molecule has 1 unspecified atom stereocenters. The number of sulfone groups is 1. The third-order valence-electron chi connectivity index (χ3n) is 4.56. The number of carbonyl (C=O) groups excluding carboxylic acids is 1. The number of hydrogen-bond acceptors (Lipinski definition) is 4. The standard InChI is InChI=1S/C19H30N4O3S/c1-3-18(24)23-12-10-17(14-23)22-19(20-2)21-11-7-13-27(25,26)15-16-8-5-4-6-9-16/h4-6,8-9,17H,3,7,10-15H2,1-2H3,(H2,20,21,22). The van der Waals surface area contributed by atoms with Gasteiger partial charge in [0.05, 0.1) is 11.5 Å². The lowest BCUT2D eigenvalue weighted by atomic mass is 10.2. The Labute approximate surface area is 162 Å². The Balaban J connectivity index is 1.70. The summed E-state index contributed by atoms with van der Waals surface area (Å²) in [5.41, 5.74) is 0.815. The highest BCUT2D eigenvalue weighted by molar-refractivity contribution is 7.90. The molecule has 0 spiro atoms. The Hall–Kier alpha value is -2.09. The van der Waals surface area contributed by atoms with Crippen LogP contribution in [-0.2, 0) is 20.4 Å². The highest BCUT2D eigenvalue weighted by Crippen LogP contribution is 2.10. The van der Waals surface area contributed by atoms with Gasteiger partial charge >= 0.3 is 0 Å². The molecule has 0 bridgehead atoms. The molecule has 1 aliphatic heterocycles. The predicted octanol–water partition coefficient (Wildman–Crippen LogP) is 1.17. The Morgan fingerprint density at radius 2 is 2.04 bits per heavy atom. The van der Waals surface area contributed by atoms with E-state index < -0.39 is 9.84 Å². The van der Waals surface area contributed by atoms with Crippen molar-refractivity contribution >= 4 is 21.7 Å². The zero-order valence-electron chi connectivity index (χ0n) is 16.1. The quantitative estimate of drug-likeness (QED) is 0.392. The summed E-state index contributed by atoms with van der Waals surface area (Å²) in [6.07, 6.45) is 1.93. The smallest absolute Gasteiger partial charge is 0.222 e. The molecule has 1 atom stereocenters. The number of nitrogens with zero attached hydrogens (tertiary/aromatic N) is 2. The van der Waals surface area contributed by atoms with Crippen LogP contribution in [-0.4, -0.2) is 63.7 Å². The van der Waals surface area contributed by atoms with Crippen LogP contribution in [0.3, 0.4) is 0 Å². The minimum absolute atomic E-state index is 0.0736. The van der Waals surface area contributed by atoms with Crippen LogP contribution in [0.4, 0.5) is 0 Å². The monoisotopic (exact) mass is 394 g/mol. The molecule has 1 aromatic carbocycles. The minimum atomic E-state index is -3.13. The first-order valence-electron chi connectivity index (χ1n) is 9.43. The molecule has 1 saturated heterocycles. The summed E-state index contributed by atoms with van der Waals surface area (Å²) in [4.78, 5) is 17.8. The molecule has 150 valence electrons. The molecular weight excluding hydrogens is 364 g/mol. The lowest BCUT2D eigenvalue weighted by Crippen LogP contribution is -2.45. The molecule has 0 aromatic heterocycles. The third-order valence-corrected chi connectivity index (χ3v) is 6.25. The first-order chi connectivity index (χ1) is 12.9. The summed E-state index contributed by atoms with van der Waals surface area (Å²) in [6, 6.07) is 9.40. The van der Waals surface area contributed by atoms with Gasteiger partial charge in [-0.2, -0.15) is 0 Å². The van der Waals surface area contributed by atoms with Gasteiger partial charge in [0.1, 0.15) is 0 Å². The summed E-state index contributed by atoms with van der Waals surface area (Å²) in [6.45, 7) is 3.84. The molecule has 27 heavy (non-hydrogen) atoms. The highest BCUT2D eigenvalue weighted by atomic mass is 32.2. The van der Waals surface area contributed by atoms with E-state index in [4.69, 9.17) is 0 Å². The van der Waals surface area contributed by atoms with Crippen molar-refractivity contribution in [1.82, 2.24) is 15.5 Å². The van der Waals surface area contributed by atoms with E-state index in [9.17, 15) is 13.2 Å². The van der Waals surface area contributed by atoms with Crippen LogP contribution in [0.15, 0.2) is 35.3 Å². The molecule has 7 nitrogen and oxygen atoms in total. The number of benzene rings is 1. The molecule has 0 aliphatic carbocycles. The van der Waals surface area contributed by atoms with Gasteiger partial charge in [-0.25, -0.2) is 8.42 Å². The van der Waals surface area contributed by atoms with E-state index in [-0.39, 0.29) is 23.5 Å². The van der Waals surface area contributed by atoms with Crippen molar-refractivity contribution < 1.29 is 13.2 Å². The first kappa shape index (κ1) is 21.2. The van der Waals surface area contributed by atoms with E-state index in [0.717, 1.165) is 18.5 Å². The normalized spacial score (nSPS) is 17.8. The summed E-state index contributed by atoms with van der Waals surface area (Å²) in [5.74, 6) is 1.02. The summed E-state index contributed by atoms with van der Waals surface area (Å²) in [5, 5.41) is 6.47. The summed E-state index contributed by atoms with van der Waals surface area (Å²) >= 11 is 0. The van der Waals surface area contributed by atoms with Gasteiger partial charge in [0.2, 0.25) is 5.91 Å². The van der Waals surface area contributed by atoms with Crippen LogP contribution in [0, 0.1) is 0 Å². The third kappa shape index (κ3) is 7.21. The Bertz CT molecular complexity index is 735. The van der Waals surface area contributed by atoms with E-state index in [0.29, 0.717) is 31.9 Å². The van der Waals surface area contributed by atoms with Crippen molar-refractivity contribution in [1.29, 1.82) is 0 Å². The van der Waals surface area contributed by atoms with Crippen LogP contribution < -0.4 is 10.6 Å². The van der Waals surface area contributed by atoms with Crippen LogP contribution >= 0.6 is 0 Å². The van der Waals surface area contributed by atoms with Gasteiger partial charge in [0, 0.05) is 39.1 Å². The number of carbonyl (C=O) groups is 1. The molecule has 8 heteroatoms. The molecule has 2 rings (SSSR count). The van der Waals surface area contributed by atoms with Gasteiger partial charge < -0.3 is 15.5 Å². The van der Waals surface area contributed by atoms with Crippen LogP contribution in [0.1, 0.15) is 31.7 Å². The van der Waals surface area contributed by atoms with Crippen molar-refractivity contribution in [2.45, 2.75) is 38.0 Å². The molecule has 2 N–H and O–H groups in total. The van der Waals surface area contributed by atoms with Gasteiger partial charge in [0.25, 0.3) is 0 Å². The van der Waals surface area contributed by atoms with E-state index in [1.54, 1.807) is 7.05 Å². The van der Waals surface area contributed by atoms with Crippen LogP contribution in [0.5, 0.6) is 0 Å². The van der Waals surface area contributed by atoms with Gasteiger partial charge in [-0.3, -0.25) is 9.79 Å². The first-order valence-corrected chi connectivity index (χ1v) is 11.2. The molecule has 1 amide bonds. The number of guanidine groups is 1. The molecule has 0 saturated carbocycles. The maximum Gasteiger partial charge on any atom is 0.222 e. The predicted molar refractivity (Wildman–Crippen MR) is 108 cm³/mol. The Morgan fingerprint density at radius 3 is 2.70 bits per heavy atom. The maximum atomic E-state index is 12.2. The Morgan fingerprint density at radius 1 is 1.30 bits per heavy atom. The number of rotatable bonds is 8. The van der Waals surface area contributed by atoms with Crippen molar-refractivity contribution in [3.05, 3.63) is 35.9 Å². The topological polar surface area (TPSA) is 90.9 Å². The number of hydrogen-bond donors (Lipinski definition) is 2. The molecule has 1 heterocycles. The molecular formula is C19H30N4O3S. The van der Waals surface area contributed by atoms with Crippen LogP contribution in [0.2, 0.25) is 0 Å². The SMILES string of the molecule is CCC(=O)N1CCC(NC(=NC)NCCCS(=O)(=O)Cc2ccccc2)C1. The number of amides is 1. The fraction of sp³-hybridized carbons (Fsp3) is 0.579. The van der Waals surface area contributed by atoms with Gasteiger partial charge in [-0.05, 0) is 18.4 Å². The lowest BCUT2D eigenvalue weighted by molar-refractivity contribution is -0.129. The second-order valence-electron chi connectivity index (χ2n) is 6.75. The lowest BCUT2D eigenvalue weighted by Gasteiger charge is -2.18. The molecule has 1 aromatic rings. The molecule has 1 fully saturated rings. The highest BCUT2D eigenvalue weighted by Gasteiger charge is 2.25. The fourth-order valence-electron chi connectivity index (χ4n) is 3.12. The minimum Gasteiger partial charge on any atom is -0.356 e. The zero-order chi connectivity index (χ0) is 19.7. The van der Waals surface area contributed by atoms with Gasteiger partial charge in [-0.15, -0.1) is 0 Å². The number of aliphatic imine (C=N–C) groups is 1. The summed E-state index contributed by atoms with van der Waals surface area (Å²) in [7, 11) is -1.44. The van der Waals surface area contributed by atoms with Gasteiger partial charge in [-0.1, -0.05) is 37.3 Å². The molecule has 0 radical (unpaired) electrons. The molecule has 1 aliphatic rings. The van der Waals surface area contributed by atoms with Gasteiger partial charge in [0.15, 0.2) is 15.8 Å². The van der Waals surface area contributed by atoms with Crippen molar-refractivity contribution in [2.24, 2.45) is 4.99 Å². The van der Waals surface area contributed by atoms with Crippen molar-refractivity contribution in [3.8, 4) is 0 Å². The van der Waals surface area contributed by atoms with E-state index in [1.807, 2.05) is 42.2 Å². The zero-order valence-corrected chi connectivity index (χ0v) is 17.0. The summed E-state index contributed by atoms with van der Waals surface area (Å²) < 4.78 is 24.4. The second kappa shape index (κ2) is 10.3. The fourth-order valence-corrected chi connectivity index (χ4v) is 4.54. The van der Waals surface area contributed by atoms with E-state index in [2.05, 4.69) is 15.6 Å². The largest absolute Gasteiger partial charge is 0.356 e. The van der Waals surface area contributed by atoms with Crippen molar-refractivity contribution in [3.63, 3.8) is 0 Å². The maximum absolute atomic E-state index is 12.2. The Kier molecular flexibility index (Phi) is 8.09. The average molecular weight is 395 g/mol. The van der Waals surface area contributed by atoms with Crippen LogP contribution in [0.25, 0.3) is 0 Å². The van der Waals surface area contributed by atoms with E-state index >= 15 is 0 Å². The second-order valence-corrected chi connectivity index (χ2v) is 8.94. The number of likely N-dealkylation sites (tertiary alicyclic amines) is 1. The van der Waals surface area contributed by atoms with Crippen molar-refractivity contribution in [2.75, 3.05) is 32.4 Å².